The van der Waals surface area contributed by atoms with Gasteiger partial charge >= 0.3 is 0 Å². The summed E-state index contributed by atoms with van der Waals surface area (Å²) in [5, 5.41) is 0. The molecule has 1 aromatic carbocycles. The van der Waals surface area contributed by atoms with E-state index < -0.39 is 0 Å². The lowest BCUT2D eigenvalue weighted by Crippen LogP contribution is -2.29. The molecule has 0 amide bonds. The van der Waals surface area contributed by atoms with Crippen LogP contribution in [0.1, 0.15) is 19.4 Å². The van der Waals surface area contributed by atoms with Crippen molar-refractivity contribution in [3.8, 4) is 0 Å². The molecule has 1 atom stereocenters. The van der Waals surface area contributed by atoms with Crippen LogP contribution in [0.3, 0.4) is 0 Å². The Morgan fingerprint density at radius 3 is 3.00 bits per heavy atom. The third-order valence-electron chi connectivity index (χ3n) is 3.25. The summed E-state index contributed by atoms with van der Waals surface area (Å²) in [5.74, 6) is 0.0644. The summed E-state index contributed by atoms with van der Waals surface area (Å²) < 4.78 is 13.5. The van der Waals surface area contributed by atoms with E-state index in [1.165, 1.54) is 6.07 Å². The fourth-order valence-electron chi connectivity index (χ4n) is 2.11. The number of carbonyl (C=O) groups is 1. The number of anilines is 1. The lowest BCUT2D eigenvalue weighted by molar-refractivity contribution is -0.119. The number of carbonyl (C=O) groups excluding carboxylic acids is 1. The van der Waals surface area contributed by atoms with Gasteiger partial charge < -0.3 is 4.90 Å². The number of nitrogens with zero attached hydrogens (tertiary/aromatic N) is 1. The van der Waals surface area contributed by atoms with E-state index in [0.29, 0.717) is 6.54 Å². The van der Waals surface area contributed by atoms with Crippen molar-refractivity contribution in [3.63, 3.8) is 0 Å². The van der Waals surface area contributed by atoms with Gasteiger partial charge in [0.25, 0.3) is 0 Å². The van der Waals surface area contributed by atoms with Crippen LogP contribution < -0.4 is 4.90 Å². The highest BCUT2D eigenvalue weighted by atomic mass is 19.1. The first kappa shape index (κ1) is 11.1. The summed E-state index contributed by atoms with van der Waals surface area (Å²) in [5.41, 5.74) is 1.74. The Hall–Kier alpha value is -1.38. The molecule has 0 saturated heterocycles. The van der Waals surface area contributed by atoms with Crippen molar-refractivity contribution >= 4 is 11.5 Å². The van der Waals surface area contributed by atoms with E-state index in [1.807, 2.05) is 13.0 Å². The molecule has 86 valence electrons. The number of hydrogen-bond donors (Lipinski definition) is 0. The molecular formula is C13H16FNO. The van der Waals surface area contributed by atoms with Crippen LogP contribution in [0.4, 0.5) is 10.1 Å². The third-order valence-corrected chi connectivity index (χ3v) is 3.25. The van der Waals surface area contributed by atoms with Crippen LogP contribution in [0.25, 0.3) is 0 Å². The maximum atomic E-state index is 13.5. The van der Waals surface area contributed by atoms with Crippen molar-refractivity contribution in [2.45, 2.75) is 20.3 Å². The highest BCUT2D eigenvalue weighted by Gasteiger charge is 2.23. The highest BCUT2D eigenvalue weighted by Crippen LogP contribution is 2.30. The van der Waals surface area contributed by atoms with Gasteiger partial charge in [0.15, 0.2) is 0 Å². The van der Waals surface area contributed by atoms with Crippen LogP contribution in [0.5, 0.6) is 0 Å². The molecule has 0 radical (unpaired) electrons. The Morgan fingerprint density at radius 1 is 1.56 bits per heavy atom. The van der Waals surface area contributed by atoms with Gasteiger partial charge in [0.05, 0.1) is 0 Å². The molecule has 0 aromatic heterocycles. The molecule has 1 aliphatic rings. The maximum Gasteiger partial charge on any atom is 0.134 e. The highest BCUT2D eigenvalue weighted by molar-refractivity contribution is 5.78. The molecule has 0 saturated carbocycles. The molecule has 2 rings (SSSR count). The number of fused-ring (bicyclic) bond motifs is 1. The van der Waals surface area contributed by atoms with Crippen molar-refractivity contribution in [1.29, 1.82) is 0 Å². The maximum absolute atomic E-state index is 13.5. The zero-order valence-corrected chi connectivity index (χ0v) is 9.66. The summed E-state index contributed by atoms with van der Waals surface area (Å²) in [7, 11) is 0. The van der Waals surface area contributed by atoms with Crippen LogP contribution in [0.2, 0.25) is 0 Å². The molecule has 0 N–H and O–H groups in total. The van der Waals surface area contributed by atoms with Gasteiger partial charge in [-0.3, -0.25) is 4.79 Å². The lowest BCUT2D eigenvalue weighted by Gasteiger charge is -2.22. The molecule has 1 aromatic rings. The van der Waals surface area contributed by atoms with Crippen LogP contribution in [-0.4, -0.2) is 18.9 Å². The lowest BCUT2D eigenvalue weighted by atomic mass is 10.1. The summed E-state index contributed by atoms with van der Waals surface area (Å²) in [6.07, 6.45) is 0.743. The molecule has 0 fully saturated rings. The Morgan fingerprint density at radius 2 is 2.31 bits per heavy atom. The smallest absolute Gasteiger partial charge is 0.134 e. The van der Waals surface area contributed by atoms with Crippen molar-refractivity contribution in [3.05, 3.63) is 29.6 Å². The normalized spacial score (nSPS) is 16.1. The fraction of sp³-hybridized carbons (Fsp3) is 0.462. The first-order valence-corrected chi connectivity index (χ1v) is 5.62. The van der Waals surface area contributed by atoms with Crippen LogP contribution in [-0.2, 0) is 11.2 Å². The topological polar surface area (TPSA) is 20.3 Å². The van der Waals surface area contributed by atoms with E-state index in [-0.39, 0.29) is 17.5 Å². The predicted octanol–water partition coefficient (Wildman–Crippen LogP) is 2.41. The predicted molar refractivity (Wildman–Crippen MR) is 62.2 cm³/mol. The SMILES string of the molecule is CC(=O)[C@H](C)CN1CCc2c(F)cccc21. The molecule has 1 heterocycles. The van der Waals surface area contributed by atoms with E-state index in [0.717, 1.165) is 24.2 Å². The zero-order valence-electron chi connectivity index (χ0n) is 9.66. The van der Waals surface area contributed by atoms with Crippen molar-refractivity contribution in [2.75, 3.05) is 18.0 Å². The van der Waals surface area contributed by atoms with Gasteiger partial charge in [-0.05, 0) is 25.5 Å². The number of benzene rings is 1. The van der Waals surface area contributed by atoms with Crippen molar-refractivity contribution in [1.82, 2.24) is 0 Å². The molecule has 1 aliphatic heterocycles. The molecular weight excluding hydrogens is 205 g/mol. The van der Waals surface area contributed by atoms with Crippen LogP contribution >= 0.6 is 0 Å². The number of hydrogen-bond acceptors (Lipinski definition) is 2. The third kappa shape index (κ3) is 1.94. The van der Waals surface area contributed by atoms with Crippen molar-refractivity contribution < 1.29 is 9.18 Å². The van der Waals surface area contributed by atoms with E-state index in [1.54, 1.807) is 13.0 Å². The Kier molecular flexibility index (Phi) is 2.95. The molecule has 0 aliphatic carbocycles. The average Bonchev–Trinajstić information content (AvgIpc) is 2.63. The van der Waals surface area contributed by atoms with Gasteiger partial charge in [0.2, 0.25) is 0 Å². The van der Waals surface area contributed by atoms with Gasteiger partial charge in [-0.2, -0.15) is 0 Å². The van der Waals surface area contributed by atoms with E-state index in [4.69, 9.17) is 0 Å². The summed E-state index contributed by atoms with van der Waals surface area (Å²) in [6.45, 7) is 5.02. The molecule has 0 bridgehead atoms. The first-order chi connectivity index (χ1) is 7.59. The second-order valence-electron chi connectivity index (χ2n) is 4.45. The minimum Gasteiger partial charge on any atom is -0.370 e. The Balaban J connectivity index is 2.18. The number of halogens is 1. The fourth-order valence-corrected chi connectivity index (χ4v) is 2.11. The second-order valence-corrected chi connectivity index (χ2v) is 4.45. The zero-order chi connectivity index (χ0) is 11.7. The van der Waals surface area contributed by atoms with Crippen LogP contribution in [0.15, 0.2) is 18.2 Å². The monoisotopic (exact) mass is 221 g/mol. The van der Waals surface area contributed by atoms with Gasteiger partial charge in [0, 0.05) is 30.3 Å². The molecule has 0 unspecified atom stereocenters. The standard InChI is InChI=1S/C13H16FNO/c1-9(10(2)16)8-15-7-6-11-12(14)4-3-5-13(11)15/h3-5,9H,6-8H2,1-2H3/t9-/m1/s1. The minimum atomic E-state index is -0.129. The molecule has 16 heavy (non-hydrogen) atoms. The number of rotatable bonds is 3. The van der Waals surface area contributed by atoms with E-state index in [2.05, 4.69) is 4.90 Å². The van der Waals surface area contributed by atoms with Gasteiger partial charge in [-0.1, -0.05) is 13.0 Å². The number of Topliss-reactive ketones (excluding diaryl/α,β-unsaturated/α-hetero) is 1. The Bertz CT molecular complexity index is 416. The number of ketones is 1. The van der Waals surface area contributed by atoms with Gasteiger partial charge in [-0.25, -0.2) is 4.39 Å². The summed E-state index contributed by atoms with van der Waals surface area (Å²) >= 11 is 0. The van der Waals surface area contributed by atoms with E-state index in [9.17, 15) is 9.18 Å². The quantitative estimate of drug-likeness (QED) is 0.781. The van der Waals surface area contributed by atoms with Crippen molar-refractivity contribution in [2.24, 2.45) is 5.92 Å². The second kappa shape index (κ2) is 4.24. The summed E-state index contributed by atoms with van der Waals surface area (Å²) in [4.78, 5) is 13.3. The first-order valence-electron chi connectivity index (χ1n) is 5.62. The van der Waals surface area contributed by atoms with E-state index >= 15 is 0 Å². The summed E-state index contributed by atoms with van der Waals surface area (Å²) in [6, 6.07) is 5.15. The molecule has 2 nitrogen and oxygen atoms in total. The Labute approximate surface area is 95.1 Å². The molecule has 0 spiro atoms. The molecule has 3 heteroatoms. The largest absolute Gasteiger partial charge is 0.370 e. The average molecular weight is 221 g/mol. The van der Waals surface area contributed by atoms with Gasteiger partial charge in [-0.15, -0.1) is 0 Å². The van der Waals surface area contributed by atoms with Gasteiger partial charge in [0.1, 0.15) is 11.6 Å². The van der Waals surface area contributed by atoms with Crippen LogP contribution in [0, 0.1) is 11.7 Å². The minimum absolute atomic E-state index is 0.00853.